The summed E-state index contributed by atoms with van der Waals surface area (Å²) >= 11 is 5.88. The smallest absolute Gasteiger partial charge is 0.417 e. The predicted molar refractivity (Wildman–Crippen MR) is 139 cm³/mol. The van der Waals surface area contributed by atoms with E-state index < -0.39 is 40.1 Å². The fourth-order valence-electron chi connectivity index (χ4n) is 4.19. The first-order valence-corrected chi connectivity index (χ1v) is 12.9. The van der Waals surface area contributed by atoms with Crippen molar-refractivity contribution >= 4 is 23.3 Å². The molecule has 1 aromatic carbocycles. The molecule has 1 amide bonds. The molecule has 1 aliphatic rings. The Bertz CT molecular complexity index is 1420. The number of alkyl halides is 3. The van der Waals surface area contributed by atoms with Gasteiger partial charge in [0.25, 0.3) is 11.5 Å². The van der Waals surface area contributed by atoms with Crippen LogP contribution < -0.4 is 15.6 Å². The third-order valence-corrected chi connectivity index (χ3v) is 6.33. The van der Waals surface area contributed by atoms with E-state index in [-0.39, 0.29) is 35.8 Å². The Kier molecular flexibility index (Phi) is 8.57. The van der Waals surface area contributed by atoms with Crippen LogP contribution in [0, 0.1) is 5.92 Å². The molecule has 10 nitrogen and oxygen atoms in total. The minimum atomic E-state index is -4.68. The average Bonchev–Trinajstić information content (AvgIpc) is 3.43. The Hall–Kier alpha value is -3.42. The maximum Gasteiger partial charge on any atom is 0.417 e. The number of hydrogen-bond acceptors (Lipinski definition) is 7. The number of anilines is 1. The van der Waals surface area contributed by atoms with E-state index >= 15 is 0 Å². The molecule has 14 heteroatoms. The number of carbonyl (C=O) groups is 1. The summed E-state index contributed by atoms with van der Waals surface area (Å²) in [4.78, 5) is 26.2. The van der Waals surface area contributed by atoms with Crippen molar-refractivity contribution in [3.8, 4) is 11.5 Å². The van der Waals surface area contributed by atoms with Crippen molar-refractivity contribution in [2.75, 3.05) is 11.9 Å². The Balaban J connectivity index is 1.49. The monoisotopic (exact) mass is 583 g/mol. The summed E-state index contributed by atoms with van der Waals surface area (Å²) in [5.74, 6) is -1.30. The highest BCUT2D eigenvalue weighted by atomic mass is 35.5. The first kappa shape index (κ1) is 29.6. The first-order chi connectivity index (χ1) is 18.7. The van der Waals surface area contributed by atoms with Crippen LogP contribution in [0.25, 0.3) is 0 Å². The summed E-state index contributed by atoms with van der Waals surface area (Å²) in [6, 6.07) is 4.86. The molecule has 0 aliphatic carbocycles. The Labute approximate surface area is 233 Å². The van der Waals surface area contributed by atoms with Crippen molar-refractivity contribution in [3.63, 3.8) is 0 Å². The highest BCUT2D eigenvalue weighted by Crippen LogP contribution is 2.40. The molecule has 0 radical (unpaired) electrons. The summed E-state index contributed by atoms with van der Waals surface area (Å²) in [7, 11) is 0. The van der Waals surface area contributed by atoms with Crippen molar-refractivity contribution in [1.29, 1.82) is 0 Å². The molecule has 3 heterocycles. The maximum absolute atomic E-state index is 13.2. The number of benzene rings is 1. The molecule has 1 unspecified atom stereocenters. The molecule has 2 aromatic heterocycles. The molecular weight excluding hydrogens is 555 g/mol. The average molecular weight is 584 g/mol. The van der Waals surface area contributed by atoms with Crippen LogP contribution in [-0.2, 0) is 27.0 Å². The number of amides is 1. The highest BCUT2D eigenvalue weighted by molar-refractivity contribution is 6.32. The van der Waals surface area contributed by atoms with Gasteiger partial charge >= 0.3 is 6.18 Å². The van der Waals surface area contributed by atoms with Crippen molar-refractivity contribution < 1.29 is 32.2 Å². The number of nitrogens with one attached hydrogen (secondary N) is 1. The summed E-state index contributed by atoms with van der Waals surface area (Å²) in [6.07, 6.45) is -1.76. The lowest BCUT2D eigenvalue weighted by molar-refractivity contribution is -0.140. The van der Waals surface area contributed by atoms with Gasteiger partial charge in [-0.2, -0.15) is 23.4 Å². The van der Waals surface area contributed by atoms with Crippen LogP contribution >= 0.6 is 11.6 Å². The van der Waals surface area contributed by atoms with E-state index in [4.69, 9.17) is 25.8 Å². The van der Waals surface area contributed by atoms with Gasteiger partial charge in [-0.15, -0.1) is 0 Å². The quantitative estimate of drug-likeness (QED) is 0.365. The lowest BCUT2D eigenvalue weighted by atomic mass is 10.0. The van der Waals surface area contributed by atoms with E-state index in [1.807, 2.05) is 27.7 Å². The summed E-state index contributed by atoms with van der Waals surface area (Å²) in [6.45, 7) is 8.26. The molecule has 0 bridgehead atoms. The van der Waals surface area contributed by atoms with Gasteiger partial charge in [-0.3, -0.25) is 14.3 Å². The van der Waals surface area contributed by atoms with Crippen LogP contribution in [-0.4, -0.2) is 44.0 Å². The van der Waals surface area contributed by atoms with Crippen LogP contribution in [0.15, 0.2) is 47.5 Å². The van der Waals surface area contributed by atoms with Crippen LogP contribution in [0.3, 0.4) is 0 Å². The van der Waals surface area contributed by atoms with E-state index in [1.54, 1.807) is 16.9 Å². The predicted octanol–water partition coefficient (Wildman–Crippen LogP) is 5.28. The van der Waals surface area contributed by atoms with Crippen molar-refractivity contribution in [2.45, 2.75) is 64.8 Å². The van der Waals surface area contributed by atoms with Gasteiger partial charge in [0.05, 0.1) is 29.9 Å². The molecule has 2 atom stereocenters. The van der Waals surface area contributed by atoms with Gasteiger partial charge in [-0.1, -0.05) is 31.5 Å². The fraction of sp³-hybridized carbons (Fsp3) is 0.462. The van der Waals surface area contributed by atoms with Gasteiger partial charge in [0.15, 0.2) is 17.4 Å². The van der Waals surface area contributed by atoms with Gasteiger partial charge in [-0.05, 0) is 38.3 Å². The zero-order valence-corrected chi connectivity index (χ0v) is 23.0. The van der Waals surface area contributed by atoms with Gasteiger partial charge in [0, 0.05) is 18.3 Å². The fourth-order valence-corrected chi connectivity index (χ4v) is 4.46. The standard InChI is InChI=1S/C26H29ClF3N5O5/c1-15(2)10-19(24(37)32-21-8-9-34(33-21)13-17-14-38-25(3,4)40-17)35-22(36)11-16(12-31-35)39-20-7-5-6-18(23(20)27)26(28,29)30/h5-9,11-12,15,17,19H,10,13-14H2,1-4H3,(H,32,33,37)/t17-,19?/m1/s1. The van der Waals surface area contributed by atoms with E-state index in [9.17, 15) is 22.8 Å². The van der Waals surface area contributed by atoms with Gasteiger partial charge in [0.2, 0.25) is 0 Å². The Morgan fingerprint density at radius 3 is 2.67 bits per heavy atom. The first-order valence-electron chi connectivity index (χ1n) is 12.5. The second-order valence-corrected chi connectivity index (χ2v) is 10.6. The largest absolute Gasteiger partial charge is 0.454 e. The molecule has 1 fully saturated rings. The molecule has 40 heavy (non-hydrogen) atoms. The van der Waals surface area contributed by atoms with Crippen molar-refractivity contribution in [3.05, 3.63) is 63.7 Å². The second-order valence-electron chi connectivity index (χ2n) is 10.2. The van der Waals surface area contributed by atoms with Crippen LogP contribution in [0.4, 0.5) is 19.0 Å². The van der Waals surface area contributed by atoms with Gasteiger partial charge in [0.1, 0.15) is 17.9 Å². The maximum atomic E-state index is 13.2. The molecule has 0 saturated carbocycles. The van der Waals surface area contributed by atoms with E-state index in [2.05, 4.69) is 15.5 Å². The minimum Gasteiger partial charge on any atom is -0.454 e. The van der Waals surface area contributed by atoms with E-state index in [0.717, 1.165) is 29.1 Å². The van der Waals surface area contributed by atoms with Crippen molar-refractivity contribution in [2.24, 2.45) is 5.92 Å². The Morgan fingerprint density at radius 2 is 2.05 bits per heavy atom. The Morgan fingerprint density at radius 1 is 1.30 bits per heavy atom. The minimum absolute atomic E-state index is 0.0183. The number of nitrogens with zero attached hydrogens (tertiary/aromatic N) is 4. The normalized spacial score (nSPS) is 17.7. The molecule has 1 N–H and O–H groups in total. The van der Waals surface area contributed by atoms with E-state index in [1.165, 1.54) is 6.07 Å². The molecule has 4 rings (SSSR count). The number of ether oxygens (including phenoxy) is 3. The third kappa shape index (κ3) is 7.20. The lowest BCUT2D eigenvalue weighted by Crippen LogP contribution is -2.35. The second kappa shape index (κ2) is 11.6. The van der Waals surface area contributed by atoms with Gasteiger partial charge in [-0.25, -0.2) is 4.68 Å². The van der Waals surface area contributed by atoms with Crippen LogP contribution in [0.2, 0.25) is 5.02 Å². The number of carbonyl (C=O) groups excluding carboxylic acids is 1. The number of rotatable bonds is 9. The molecule has 216 valence electrons. The molecule has 1 aliphatic heterocycles. The molecule has 3 aromatic rings. The lowest BCUT2D eigenvalue weighted by Gasteiger charge is -2.20. The van der Waals surface area contributed by atoms with Gasteiger partial charge < -0.3 is 19.5 Å². The zero-order chi connectivity index (χ0) is 29.2. The molecular formula is C26H29ClF3N5O5. The van der Waals surface area contributed by atoms with E-state index in [0.29, 0.717) is 13.2 Å². The third-order valence-electron chi connectivity index (χ3n) is 5.94. The highest BCUT2D eigenvalue weighted by Gasteiger charge is 2.35. The molecule has 1 saturated heterocycles. The number of halogens is 4. The topological polar surface area (TPSA) is 110 Å². The summed E-state index contributed by atoms with van der Waals surface area (Å²) in [5, 5.41) is 10.5. The number of aromatic nitrogens is 4. The summed E-state index contributed by atoms with van der Waals surface area (Å²) < 4.78 is 58.9. The molecule has 0 spiro atoms. The van der Waals surface area contributed by atoms with Crippen LogP contribution in [0.1, 0.15) is 45.7 Å². The number of hydrogen-bond donors (Lipinski definition) is 1. The zero-order valence-electron chi connectivity index (χ0n) is 22.2. The van der Waals surface area contributed by atoms with Crippen LogP contribution in [0.5, 0.6) is 11.5 Å². The van der Waals surface area contributed by atoms with Crippen molar-refractivity contribution in [1.82, 2.24) is 19.6 Å². The SMILES string of the molecule is CC(C)CC(C(=O)Nc1ccn(C[C@@H]2COC(C)(C)O2)n1)n1ncc(Oc2cccc(C(F)(F)F)c2Cl)cc1=O. The summed E-state index contributed by atoms with van der Waals surface area (Å²) in [5.41, 5.74) is -1.76.